The minimum atomic E-state index is -0.684. The van der Waals surface area contributed by atoms with E-state index >= 15 is 0 Å². The Morgan fingerprint density at radius 1 is 1.15 bits per heavy atom. The number of fused-ring (bicyclic) bond motifs is 1. The van der Waals surface area contributed by atoms with E-state index in [2.05, 4.69) is 36.7 Å². The number of hydrogen-bond acceptors (Lipinski definition) is 4. The molecule has 1 aromatic carbocycles. The molecule has 3 N–H and O–H groups in total. The Morgan fingerprint density at radius 2 is 1.74 bits per heavy atom. The van der Waals surface area contributed by atoms with Gasteiger partial charge in [0.25, 0.3) is 0 Å². The maximum Gasteiger partial charge on any atom is 0.241 e. The number of rotatable bonds is 6. The highest BCUT2D eigenvalue weighted by Gasteiger charge is 2.43. The smallest absolute Gasteiger partial charge is 0.241 e. The van der Waals surface area contributed by atoms with Crippen LogP contribution < -0.4 is 11.1 Å². The molecule has 0 aliphatic heterocycles. The van der Waals surface area contributed by atoms with Crippen LogP contribution in [0, 0.1) is 5.41 Å². The second kappa shape index (κ2) is 7.60. The Bertz CT molecular complexity index is 835. The van der Waals surface area contributed by atoms with Crippen molar-refractivity contribution in [3.05, 3.63) is 35.2 Å². The van der Waals surface area contributed by atoms with Crippen molar-refractivity contribution in [3.63, 3.8) is 0 Å². The molecule has 27 heavy (non-hydrogen) atoms. The van der Waals surface area contributed by atoms with Crippen molar-refractivity contribution < 1.29 is 9.59 Å². The highest BCUT2D eigenvalue weighted by atomic mass is 32.1. The monoisotopic (exact) mass is 389 g/mol. The average molecular weight is 390 g/mol. The molecule has 6 heteroatoms. The van der Waals surface area contributed by atoms with E-state index in [1.807, 2.05) is 32.9 Å². The third-order valence-electron chi connectivity index (χ3n) is 5.26. The molecule has 148 valence electrons. The molecule has 1 aromatic heterocycles. The van der Waals surface area contributed by atoms with E-state index in [9.17, 15) is 9.59 Å². The van der Waals surface area contributed by atoms with Gasteiger partial charge in [0.2, 0.25) is 11.8 Å². The molecule has 0 aliphatic carbocycles. The summed E-state index contributed by atoms with van der Waals surface area (Å²) in [5.41, 5.74) is 5.83. The summed E-state index contributed by atoms with van der Waals surface area (Å²) in [6.07, 6.45) is 0. The minimum Gasteiger partial charge on any atom is -0.368 e. The third-order valence-corrected chi connectivity index (χ3v) is 6.22. The van der Waals surface area contributed by atoms with Gasteiger partial charge < -0.3 is 16.0 Å². The van der Waals surface area contributed by atoms with Crippen molar-refractivity contribution in [2.24, 2.45) is 11.1 Å². The number of nitrogens with one attached hydrogen (secondary N) is 1. The van der Waals surface area contributed by atoms with Crippen LogP contribution in [0.5, 0.6) is 0 Å². The quantitative estimate of drug-likeness (QED) is 0.797. The molecule has 0 spiro atoms. The lowest BCUT2D eigenvalue weighted by atomic mass is 9.76. The lowest BCUT2D eigenvalue weighted by Crippen LogP contribution is -2.60. The van der Waals surface area contributed by atoms with Crippen LogP contribution in [0.3, 0.4) is 0 Å². The van der Waals surface area contributed by atoms with Crippen LogP contribution in [0.15, 0.2) is 29.6 Å². The van der Waals surface area contributed by atoms with Crippen molar-refractivity contribution in [3.8, 4) is 0 Å². The van der Waals surface area contributed by atoms with E-state index in [0.717, 1.165) is 10.9 Å². The zero-order valence-corrected chi connectivity index (χ0v) is 18.1. The molecule has 2 amide bonds. The summed E-state index contributed by atoms with van der Waals surface area (Å²) >= 11 is 1.68. The standard InChI is InChI=1S/C21H31N3O2S/c1-20(2,3)17(18(22)25)24(7)19(26)16(23-6)21(4,5)14-12-27-15-11-9-8-10-13(14)15/h8-12,16-17,23H,1-7H3,(H2,22,25)/t16-,17-/m1/s1. The Labute approximate surface area is 165 Å². The normalized spacial score (nSPS) is 14.8. The van der Waals surface area contributed by atoms with E-state index in [1.54, 1.807) is 25.4 Å². The molecule has 0 aliphatic rings. The average Bonchev–Trinajstić information content (AvgIpc) is 2.98. The van der Waals surface area contributed by atoms with Crippen molar-refractivity contribution in [2.45, 2.75) is 52.1 Å². The summed E-state index contributed by atoms with van der Waals surface area (Å²) in [5.74, 6) is -0.636. The van der Waals surface area contributed by atoms with Gasteiger partial charge in [-0.25, -0.2) is 0 Å². The first-order chi connectivity index (χ1) is 12.4. The van der Waals surface area contributed by atoms with Gasteiger partial charge in [0.05, 0.1) is 6.04 Å². The number of benzene rings is 1. The number of thiophene rings is 1. The van der Waals surface area contributed by atoms with Crippen LogP contribution in [0.2, 0.25) is 0 Å². The van der Waals surface area contributed by atoms with Gasteiger partial charge in [0, 0.05) is 17.2 Å². The third kappa shape index (κ3) is 4.01. The summed E-state index contributed by atoms with van der Waals surface area (Å²) in [6, 6.07) is 7.03. The number of carbonyl (C=O) groups excluding carboxylic acids is 2. The SMILES string of the molecule is CN[C@H](C(=O)N(C)[C@H](C(N)=O)C(C)(C)C)C(C)(C)c1csc2ccccc12. The van der Waals surface area contributed by atoms with Gasteiger partial charge >= 0.3 is 0 Å². The molecule has 1 heterocycles. The molecule has 2 rings (SSSR count). The topological polar surface area (TPSA) is 75.4 Å². The number of carbonyl (C=O) groups is 2. The number of nitrogens with two attached hydrogens (primary N) is 1. The van der Waals surface area contributed by atoms with Crippen LogP contribution in [0.25, 0.3) is 10.1 Å². The summed E-state index contributed by atoms with van der Waals surface area (Å²) in [6.45, 7) is 9.86. The summed E-state index contributed by atoms with van der Waals surface area (Å²) in [5, 5.41) is 6.46. The molecule has 0 unspecified atom stereocenters. The van der Waals surface area contributed by atoms with Crippen molar-refractivity contribution in [1.29, 1.82) is 0 Å². The molecular weight excluding hydrogens is 358 g/mol. The predicted molar refractivity (Wildman–Crippen MR) is 113 cm³/mol. The van der Waals surface area contributed by atoms with Crippen LogP contribution >= 0.6 is 11.3 Å². The lowest BCUT2D eigenvalue weighted by Gasteiger charge is -2.41. The second-order valence-corrected chi connectivity index (χ2v) is 9.62. The molecule has 5 nitrogen and oxygen atoms in total. The van der Waals surface area contributed by atoms with Gasteiger partial charge in [-0.1, -0.05) is 52.8 Å². The van der Waals surface area contributed by atoms with Crippen LogP contribution in [0.4, 0.5) is 0 Å². The molecule has 2 aromatic rings. The number of hydrogen-bond donors (Lipinski definition) is 2. The minimum absolute atomic E-state index is 0.142. The van der Waals surface area contributed by atoms with E-state index in [0.29, 0.717) is 0 Å². The maximum absolute atomic E-state index is 13.4. The van der Waals surface area contributed by atoms with Gasteiger partial charge in [-0.3, -0.25) is 9.59 Å². The molecular formula is C21H31N3O2S. The van der Waals surface area contributed by atoms with E-state index < -0.39 is 28.8 Å². The zero-order valence-electron chi connectivity index (χ0n) is 17.3. The number of amides is 2. The van der Waals surface area contributed by atoms with Crippen LogP contribution in [-0.2, 0) is 15.0 Å². The van der Waals surface area contributed by atoms with Gasteiger partial charge in [-0.05, 0) is 34.9 Å². The molecule has 0 saturated heterocycles. The van der Waals surface area contributed by atoms with Gasteiger partial charge in [0.15, 0.2) is 0 Å². The first-order valence-corrected chi connectivity index (χ1v) is 10.0. The Morgan fingerprint density at radius 3 is 2.26 bits per heavy atom. The summed E-state index contributed by atoms with van der Waals surface area (Å²) < 4.78 is 1.20. The van der Waals surface area contributed by atoms with Crippen molar-refractivity contribution in [2.75, 3.05) is 14.1 Å². The summed E-state index contributed by atoms with van der Waals surface area (Å²) in [4.78, 5) is 27.0. The Kier molecular flexibility index (Phi) is 6.02. The molecule has 0 saturated carbocycles. The predicted octanol–water partition coefficient (Wildman–Crippen LogP) is 3.13. The Hall–Kier alpha value is -1.92. The number of primary amides is 1. The van der Waals surface area contributed by atoms with Gasteiger partial charge in [0.1, 0.15) is 6.04 Å². The lowest BCUT2D eigenvalue weighted by molar-refractivity contribution is -0.144. The van der Waals surface area contributed by atoms with E-state index in [1.165, 1.54) is 9.60 Å². The highest BCUT2D eigenvalue weighted by Crippen LogP contribution is 2.38. The highest BCUT2D eigenvalue weighted by molar-refractivity contribution is 7.17. The fourth-order valence-corrected chi connectivity index (χ4v) is 5.09. The van der Waals surface area contributed by atoms with Crippen LogP contribution in [0.1, 0.15) is 40.2 Å². The molecule has 0 fully saturated rings. The van der Waals surface area contributed by atoms with Crippen molar-refractivity contribution >= 4 is 33.2 Å². The van der Waals surface area contributed by atoms with E-state index in [4.69, 9.17) is 5.73 Å². The second-order valence-electron chi connectivity index (χ2n) is 8.71. The largest absolute Gasteiger partial charge is 0.368 e. The first kappa shape index (κ1) is 21.4. The zero-order chi connectivity index (χ0) is 20.6. The first-order valence-electron chi connectivity index (χ1n) is 9.13. The van der Waals surface area contributed by atoms with Crippen molar-refractivity contribution in [1.82, 2.24) is 10.2 Å². The molecule has 0 bridgehead atoms. The molecule has 0 radical (unpaired) electrons. The Balaban J connectivity index is 2.44. The molecule has 2 atom stereocenters. The van der Waals surface area contributed by atoms with Gasteiger partial charge in [-0.15, -0.1) is 11.3 Å². The summed E-state index contributed by atoms with van der Waals surface area (Å²) in [7, 11) is 3.44. The maximum atomic E-state index is 13.4. The van der Waals surface area contributed by atoms with Crippen LogP contribution in [-0.4, -0.2) is 42.9 Å². The fourth-order valence-electron chi connectivity index (χ4n) is 3.95. The fraction of sp³-hybridized carbons (Fsp3) is 0.524. The van der Waals surface area contributed by atoms with Gasteiger partial charge in [-0.2, -0.15) is 0 Å². The van der Waals surface area contributed by atoms with E-state index in [-0.39, 0.29) is 5.91 Å². The number of nitrogens with zero attached hydrogens (tertiary/aromatic N) is 1. The number of likely N-dealkylation sites (N-methyl/N-ethyl adjacent to an activating group) is 2.